The van der Waals surface area contributed by atoms with Crippen molar-refractivity contribution in [1.82, 2.24) is 10.6 Å². The molecule has 2 amide bonds. The van der Waals surface area contributed by atoms with Gasteiger partial charge in [-0.15, -0.1) is 0 Å². The summed E-state index contributed by atoms with van der Waals surface area (Å²) in [6.07, 6.45) is 1.84. The smallest absolute Gasteiger partial charge is 0.330 e. The molecule has 0 heterocycles. The highest BCUT2D eigenvalue weighted by atomic mass is 28.5. The van der Waals surface area contributed by atoms with E-state index in [0.29, 0.717) is 6.54 Å². The number of esters is 1. The molecule has 0 fully saturated rings. The van der Waals surface area contributed by atoms with Crippen molar-refractivity contribution in [3.63, 3.8) is 0 Å². The predicted molar refractivity (Wildman–Crippen MR) is 131 cm³/mol. The second-order valence-electron chi connectivity index (χ2n) is 9.72. The van der Waals surface area contributed by atoms with E-state index >= 15 is 0 Å². The molecule has 8 nitrogen and oxygen atoms in total. The number of ether oxygens (including phenoxy) is 1. The first kappa shape index (κ1) is 29.2. The van der Waals surface area contributed by atoms with Crippen LogP contribution in [0.15, 0.2) is 12.7 Å². The highest BCUT2D eigenvalue weighted by Crippen LogP contribution is 2.27. The Balaban J connectivity index is 4.61. The van der Waals surface area contributed by atoms with Gasteiger partial charge in [-0.05, 0) is 71.4 Å². The Morgan fingerprint density at radius 1 is 0.833 bits per heavy atom. The molecule has 0 radical (unpaired) electrons. The molecule has 0 aliphatic carbocycles. The Morgan fingerprint density at radius 2 is 1.37 bits per heavy atom. The number of hydrogen-bond acceptors (Lipinski definition) is 6. The first-order valence-corrected chi connectivity index (χ1v) is 22.5. The molecule has 0 saturated heterocycles. The van der Waals surface area contributed by atoms with Gasteiger partial charge in [-0.25, -0.2) is 9.59 Å². The summed E-state index contributed by atoms with van der Waals surface area (Å²) in [5, 5.41) is 5.47. The maximum absolute atomic E-state index is 11.9. The molecular weight excluding hydrogens is 453 g/mol. The molecule has 30 heavy (non-hydrogen) atoms. The van der Waals surface area contributed by atoms with E-state index in [1.807, 2.05) is 0 Å². The van der Waals surface area contributed by atoms with Crippen LogP contribution in [-0.4, -0.2) is 65.5 Å². The number of rotatable bonds is 14. The maximum atomic E-state index is 11.9. The first-order chi connectivity index (χ1) is 13.5. The number of carbonyl (C=O) groups is 2. The predicted octanol–water partition coefficient (Wildman–Crippen LogP) is 3.90. The van der Waals surface area contributed by atoms with Gasteiger partial charge in [0.1, 0.15) is 6.61 Å². The number of urea groups is 1. The third kappa shape index (κ3) is 16.0. The van der Waals surface area contributed by atoms with E-state index in [1.54, 1.807) is 0 Å². The molecule has 0 bridgehead atoms. The van der Waals surface area contributed by atoms with E-state index in [9.17, 15) is 9.59 Å². The Labute approximate surface area is 186 Å². The lowest BCUT2D eigenvalue weighted by atomic mass is 10.5. The molecule has 0 aromatic carbocycles. The second kappa shape index (κ2) is 12.3. The van der Waals surface area contributed by atoms with Gasteiger partial charge in [0.15, 0.2) is 16.6 Å². The summed E-state index contributed by atoms with van der Waals surface area (Å²) in [4.78, 5) is 22.8. The lowest BCUT2D eigenvalue weighted by Gasteiger charge is -2.41. The van der Waals surface area contributed by atoms with Gasteiger partial charge in [-0.3, -0.25) is 0 Å². The van der Waals surface area contributed by atoms with Crippen LogP contribution in [0.1, 0.15) is 6.42 Å². The highest BCUT2D eigenvalue weighted by Gasteiger charge is 2.44. The van der Waals surface area contributed by atoms with E-state index in [1.165, 1.54) is 0 Å². The molecule has 1 unspecified atom stereocenters. The molecule has 0 aliphatic rings. The van der Waals surface area contributed by atoms with Gasteiger partial charge >= 0.3 is 29.1 Å². The third-order valence-electron chi connectivity index (χ3n) is 3.43. The van der Waals surface area contributed by atoms with Crippen LogP contribution in [0.3, 0.4) is 0 Å². The highest BCUT2D eigenvalue weighted by molar-refractivity contribution is 6.89. The van der Waals surface area contributed by atoms with Crippen LogP contribution in [0.4, 0.5) is 4.79 Å². The Hall–Kier alpha value is -0.772. The number of hydrogen-bond donors (Lipinski definition) is 2. The van der Waals surface area contributed by atoms with Crippen LogP contribution in [-0.2, 0) is 21.9 Å². The standard InChI is InChI=1S/C18H42N2O6Si4/c1-11-17(21)23-15-14-20-18(22)19-13-12-16-30(10,25-28(5,6)7)26-29(8,9)24-27(2,3)4/h11H,1,12-16H2,2-10H3,(H2,19,20,22). The zero-order valence-corrected chi connectivity index (χ0v) is 24.3. The van der Waals surface area contributed by atoms with Crippen molar-refractivity contribution >= 4 is 45.8 Å². The van der Waals surface area contributed by atoms with E-state index < -0.39 is 39.7 Å². The van der Waals surface area contributed by atoms with Crippen LogP contribution >= 0.6 is 0 Å². The fourth-order valence-corrected chi connectivity index (χ4v) is 21.1. The van der Waals surface area contributed by atoms with Crippen molar-refractivity contribution < 1.29 is 26.7 Å². The minimum atomic E-state index is -2.46. The van der Waals surface area contributed by atoms with Crippen molar-refractivity contribution in [3.8, 4) is 0 Å². The molecule has 0 aliphatic heterocycles. The molecule has 0 aromatic rings. The zero-order valence-electron chi connectivity index (χ0n) is 20.3. The summed E-state index contributed by atoms with van der Waals surface area (Å²) in [5.74, 6) is -0.506. The van der Waals surface area contributed by atoms with Crippen molar-refractivity contribution in [2.24, 2.45) is 0 Å². The van der Waals surface area contributed by atoms with Crippen molar-refractivity contribution in [1.29, 1.82) is 0 Å². The van der Waals surface area contributed by atoms with E-state index in [-0.39, 0.29) is 19.2 Å². The van der Waals surface area contributed by atoms with Crippen LogP contribution in [0.5, 0.6) is 0 Å². The topological polar surface area (TPSA) is 95.1 Å². The molecule has 0 rings (SSSR count). The average Bonchev–Trinajstić information content (AvgIpc) is 2.50. The fraction of sp³-hybridized carbons (Fsp3) is 0.778. The Bertz CT molecular complexity index is 578. The van der Waals surface area contributed by atoms with Gasteiger partial charge in [-0.2, -0.15) is 0 Å². The van der Waals surface area contributed by atoms with Gasteiger partial charge in [0.2, 0.25) is 0 Å². The number of nitrogens with one attached hydrogen (secondary N) is 2. The van der Waals surface area contributed by atoms with Gasteiger partial charge in [0, 0.05) is 12.6 Å². The average molecular weight is 495 g/mol. The minimum absolute atomic E-state index is 0.109. The van der Waals surface area contributed by atoms with Crippen LogP contribution in [0.2, 0.25) is 65.0 Å². The summed E-state index contributed by atoms with van der Waals surface area (Å²) in [5.41, 5.74) is 0. The quantitative estimate of drug-likeness (QED) is 0.165. The van der Waals surface area contributed by atoms with Crippen molar-refractivity contribution in [2.75, 3.05) is 19.7 Å². The fourth-order valence-electron chi connectivity index (χ4n) is 3.10. The molecule has 1 atom stereocenters. The van der Waals surface area contributed by atoms with Crippen molar-refractivity contribution in [2.45, 2.75) is 71.4 Å². The van der Waals surface area contributed by atoms with Crippen LogP contribution in [0, 0.1) is 0 Å². The second-order valence-corrected chi connectivity index (χ2v) is 26.2. The SMILES string of the molecule is C=CC(=O)OCCNC(=O)NCCC[Si](C)(O[Si](C)(C)C)O[Si](C)(C)O[Si](C)(C)C. The third-order valence-corrected chi connectivity index (χ3v) is 17.0. The van der Waals surface area contributed by atoms with Gasteiger partial charge in [0.05, 0.1) is 6.54 Å². The first-order valence-electron chi connectivity index (χ1n) is 10.4. The lowest BCUT2D eigenvalue weighted by Crippen LogP contribution is -2.57. The number of amides is 2. The Morgan fingerprint density at radius 3 is 1.87 bits per heavy atom. The summed E-state index contributed by atoms with van der Waals surface area (Å²) >= 11 is 0. The molecule has 176 valence electrons. The normalized spacial score (nSPS) is 14.6. The van der Waals surface area contributed by atoms with Crippen LogP contribution in [0.25, 0.3) is 0 Å². The lowest BCUT2D eigenvalue weighted by molar-refractivity contribution is -0.137. The molecule has 2 N–H and O–H groups in total. The Kier molecular flexibility index (Phi) is 12.0. The van der Waals surface area contributed by atoms with Gasteiger partial charge < -0.3 is 27.7 Å². The molecule has 0 saturated carbocycles. The van der Waals surface area contributed by atoms with E-state index in [2.05, 4.69) is 76.1 Å². The van der Waals surface area contributed by atoms with Crippen molar-refractivity contribution in [3.05, 3.63) is 12.7 Å². The largest absolute Gasteiger partial charge is 0.461 e. The van der Waals surface area contributed by atoms with Gasteiger partial charge in [-0.1, -0.05) is 6.58 Å². The minimum Gasteiger partial charge on any atom is -0.461 e. The molecule has 12 heteroatoms. The molecule has 0 aromatic heterocycles. The summed E-state index contributed by atoms with van der Waals surface area (Å²) in [6, 6.07) is 0.483. The maximum Gasteiger partial charge on any atom is 0.330 e. The zero-order chi connectivity index (χ0) is 23.6. The van der Waals surface area contributed by atoms with E-state index in [0.717, 1.165) is 18.5 Å². The van der Waals surface area contributed by atoms with Crippen LogP contribution < -0.4 is 10.6 Å². The summed E-state index contributed by atoms with van der Waals surface area (Å²) in [6.45, 7) is 23.5. The number of carbonyl (C=O) groups excluding carboxylic acids is 2. The van der Waals surface area contributed by atoms with Gasteiger partial charge in [0.25, 0.3) is 0 Å². The molecule has 0 spiro atoms. The molecular formula is C18H42N2O6Si4. The van der Waals surface area contributed by atoms with E-state index in [4.69, 9.17) is 17.1 Å². The monoisotopic (exact) mass is 494 g/mol. The summed E-state index contributed by atoms with van der Waals surface area (Å²) in [7, 11) is -8.29. The summed E-state index contributed by atoms with van der Waals surface area (Å²) < 4.78 is 24.3.